The number of aromatic amines is 2. The summed E-state index contributed by atoms with van der Waals surface area (Å²) >= 11 is 3.49. The monoisotopic (exact) mass is 406 g/mol. The molecule has 2 aromatic carbocycles. The third-order valence-corrected chi connectivity index (χ3v) is 5.34. The van der Waals surface area contributed by atoms with Crippen LogP contribution in [-0.4, -0.2) is 28.1 Å². The molecule has 3 heterocycles. The summed E-state index contributed by atoms with van der Waals surface area (Å²) in [4.78, 5) is 23.8. The average Bonchev–Trinajstić information content (AvgIpc) is 3.38. The van der Waals surface area contributed by atoms with E-state index in [-0.39, 0.29) is 11.8 Å². The average molecular weight is 407 g/mol. The number of aliphatic imine (C=N–C) groups is 1. The Bertz CT molecular complexity index is 1190. The number of amidine groups is 1. The lowest BCUT2D eigenvalue weighted by molar-refractivity contribution is 0.106. The molecule has 5 rings (SSSR count). The van der Waals surface area contributed by atoms with E-state index in [2.05, 4.69) is 42.3 Å². The van der Waals surface area contributed by atoms with Crippen molar-refractivity contribution in [2.45, 2.75) is 6.04 Å². The van der Waals surface area contributed by atoms with E-state index >= 15 is 0 Å². The van der Waals surface area contributed by atoms with Gasteiger partial charge in [-0.05, 0) is 18.2 Å². The van der Waals surface area contributed by atoms with E-state index in [1.807, 2.05) is 42.6 Å². The van der Waals surface area contributed by atoms with Crippen LogP contribution in [-0.2, 0) is 0 Å². The topological polar surface area (TPSA) is 73.0 Å². The molecule has 2 aromatic heterocycles. The molecule has 0 spiro atoms. The van der Waals surface area contributed by atoms with Crippen LogP contribution in [0.3, 0.4) is 0 Å². The fraction of sp³-hybridized carbons (Fsp3) is 0.100. The number of hydrogen-bond acceptors (Lipinski definition) is 3. The predicted octanol–water partition coefficient (Wildman–Crippen LogP) is 4.34. The van der Waals surface area contributed by atoms with Gasteiger partial charge >= 0.3 is 0 Å². The van der Waals surface area contributed by atoms with Gasteiger partial charge in [0, 0.05) is 44.2 Å². The zero-order valence-electron chi connectivity index (χ0n) is 13.7. The van der Waals surface area contributed by atoms with E-state index in [0.717, 1.165) is 31.8 Å². The molecule has 3 N–H and O–H groups in total. The number of aromatic nitrogens is 2. The molecule has 0 saturated carbocycles. The summed E-state index contributed by atoms with van der Waals surface area (Å²) in [6, 6.07) is 13.9. The van der Waals surface area contributed by atoms with E-state index in [0.29, 0.717) is 17.9 Å². The van der Waals surface area contributed by atoms with Crippen LogP contribution in [0.5, 0.6) is 0 Å². The summed E-state index contributed by atoms with van der Waals surface area (Å²) < 4.78 is 1.03. The van der Waals surface area contributed by atoms with Gasteiger partial charge in [-0.25, -0.2) is 0 Å². The summed E-state index contributed by atoms with van der Waals surface area (Å²) in [5.74, 6) is 0.346. The molecule has 0 aliphatic carbocycles. The van der Waals surface area contributed by atoms with E-state index in [1.165, 1.54) is 0 Å². The molecule has 6 heteroatoms. The van der Waals surface area contributed by atoms with Crippen molar-refractivity contribution in [1.29, 1.82) is 0 Å². The first-order valence-electron chi connectivity index (χ1n) is 8.39. The Kier molecular flexibility index (Phi) is 3.46. The molecule has 1 aliphatic heterocycles. The Hall–Kier alpha value is -2.86. The van der Waals surface area contributed by atoms with Crippen LogP contribution in [0.25, 0.3) is 21.8 Å². The van der Waals surface area contributed by atoms with Crippen molar-refractivity contribution in [3.8, 4) is 0 Å². The molecule has 5 nitrogen and oxygen atoms in total. The maximum atomic E-state index is 12.9. The summed E-state index contributed by atoms with van der Waals surface area (Å²) in [5, 5.41) is 5.37. The van der Waals surface area contributed by atoms with Gasteiger partial charge in [0.25, 0.3) is 0 Å². The third kappa shape index (κ3) is 2.37. The van der Waals surface area contributed by atoms with E-state index in [4.69, 9.17) is 0 Å². The van der Waals surface area contributed by atoms with Crippen molar-refractivity contribution < 1.29 is 4.79 Å². The van der Waals surface area contributed by atoms with Gasteiger partial charge in [-0.15, -0.1) is 0 Å². The summed E-state index contributed by atoms with van der Waals surface area (Å²) in [7, 11) is 0. The fourth-order valence-electron chi connectivity index (χ4n) is 3.55. The van der Waals surface area contributed by atoms with Crippen molar-refractivity contribution >= 4 is 49.4 Å². The van der Waals surface area contributed by atoms with E-state index < -0.39 is 0 Å². The van der Waals surface area contributed by atoms with Crippen LogP contribution in [0, 0.1) is 0 Å². The second-order valence-corrected chi connectivity index (χ2v) is 7.31. The standard InChI is InChI=1S/C20H15BrN4O/c21-11-5-6-13-14(8-23-17(13)7-11)18-10-24-20(25-18)19(26)15-9-22-16-4-2-1-3-12(15)16/h1-9,18,22-23H,10H2,(H,24,25)/t18-/m0/s1. The number of ketones is 1. The number of H-pyrrole nitrogens is 2. The molecule has 0 amide bonds. The quantitative estimate of drug-likeness (QED) is 0.442. The highest BCUT2D eigenvalue weighted by atomic mass is 79.9. The molecule has 0 fully saturated rings. The van der Waals surface area contributed by atoms with Crippen LogP contribution in [0.2, 0.25) is 0 Å². The van der Waals surface area contributed by atoms with Gasteiger partial charge < -0.3 is 15.3 Å². The minimum absolute atomic E-state index is 0.00548. The van der Waals surface area contributed by atoms with Crippen molar-refractivity contribution in [2.24, 2.45) is 4.99 Å². The van der Waals surface area contributed by atoms with Gasteiger partial charge in [0.15, 0.2) is 5.84 Å². The Morgan fingerprint density at radius 3 is 2.81 bits per heavy atom. The molecule has 0 bridgehead atoms. The maximum Gasteiger partial charge on any atom is 0.229 e. The van der Waals surface area contributed by atoms with Gasteiger partial charge in [-0.2, -0.15) is 0 Å². The number of benzene rings is 2. The lowest BCUT2D eigenvalue weighted by Gasteiger charge is -2.10. The van der Waals surface area contributed by atoms with Crippen LogP contribution in [0.1, 0.15) is 22.0 Å². The van der Waals surface area contributed by atoms with Crippen molar-refractivity contribution in [3.63, 3.8) is 0 Å². The summed E-state index contributed by atoms with van der Waals surface area (Å²) in [6.07, 6.45) is 3.75. The lowest BCUT2D eigenvalue weighted by atomic mass is 10.1. The largest absolute Gasteiger partial charge is 0.361 e. The number of carbonyl (C=O) groups is 1. The molecule has 128 valence electrons. The van der Waals surface area contributed by atoms with Crippen LogP contribution < -0.4 is 5.32 Å². The highest BCUT2D eigenvalue weighted by Crippen LogP contribution is 2.29. The van der Waals surface area contributed by atoms with Gasteiger partial charge in [-0.3, -0.25) is 9.79 Å². The second-order valence-electron chi connectivity index (χ2n) is 6.40. The molecule has 0 radical (unpaired) electrons. The Labute approximate surface area is 157 Å². The minimum Gasteiger partial charge on any atom is -0.361 e. The number of rotatable bonds is 3. The Balaban J connectivity index is 1.43. The van der Waals surface area contributed by atoms with Crippen LogP contribution in [0.15, 0.2) is 64.3 Å². The Morgan fingerprint density at radius 1 is 1.04 bits per heavy atom. The van der Waals surface area contributed by atoms with Gasteiger partial charge in [0.1, 0.15) is 0 Å². The molecule has 1 atom stereocenters. The number of nitrogens with one attached hydrogen (secondary N) is 3. The van der Waals surface area contributed by atoms with Crippen molar-refractivity contribution in [1.82, 2.24) is 15.3 Å². The summed E-state index contributed by atoms with van der Waals surface area (Å²) in [6.45, 7) is 0.548. The number of Topliss-reactive ketones (excluding diaryl/α,β-unsaturated/α-hetero) is 1. The van der Waals surface area contributed by atoms with E-state index in [9.17, 15) is 4.79 Å². The first kappa shape index (κ1) is 15.4. The molecule has 26 heavy (non-hydrogen) atoms. The highest BCUT2D eigenvalue weighted by molar-refractivity contribution is 9.10. The molecule has 0 unspecified atom stereocenters. The smallest absolute Gasteiger partial charge is 0.229 e. The molecular formula is C20H15BrN4O. The van der Waals surface area contributed by atoms with Crippen LogP contribution in [0.4, 0.5) is 0 Å². The first-order chi connectivity index (χ1) is 12.7. The highest BCUT2D eigenvalue weighted by Gasteiger charge is 2.27. The zero-order chi connectivity index (χ0) is 17.7. The third-order valence-electron chi connectivity index (χ3n) is 4.84. The number of para-hydroxylation sites is 1. The molecule has 0 saturated heterocycles. The van der Waals surface area contributed by atoms with Crippen molar-refractivity contribution in [3.05, 3.63) is 70.5 Å². The molecular weight excluding hydrogens is 392 g/mol. The SMILES string of the molecule is O=C(C1=NC[C@@H](c2c[nH]c3cc(Br)ccc23)N1)c1c[nH]c2ccccc12. The maximum absolute atomic E-state index is 12.9. The number of fused-ring (bicyclic) bond motifs is 2. The van der Waals surface area contributed by atoms with Gasteiger partial charge in [0.2, 0.25) is 5.78 Å². The number of halogens is 1. The molecule has 4 aromatic rings. The van der Waals surface area contributed by atoms with Crippen molar-refractivity contribution in [2.75, 3.05) is 6.54 Å². The lowest BCUT2D eigenvalue weighted by Crippen LogP contribution is -2.29. The molecule has 1 aliphatic rings. The van der Waals surface area contributed by atoms with Crippen LogP contribution >= 0.6 is 15.9 Å². The minimum atomic E-state index is -0.0764. The van der Waals surface area contributed by atoms with Gasteiger partial charge in [-0.1, -0.05) is 40.2 Å². The zero-order valence-corrected chi connectivity index (χ0v) is 15.3. The Morgan fingerprint density at radius 2 is 1.88 bits per heavy atom. The van der Waals surface area contributed by atoms with E-state index in [1.54, 1.807) is 6.20 Å². The number of hydrogen-bond donors (Lipinski definition) is 3. The number of nitrogens with zero attached hydrogens (tertiary/aromatic N) is 1. The predicted molar refractivity (Wildman–Crippen MR) is 107 cm³/mol. The summed E-state index contributed by atoms with van der Waals surface area (Å²) in [5.41, 5.74) is 3.79. The fourth-order valence-corrected chi connectivity index (χ4v) is 3.91. The normalized spacial score (nSPS) is 16.8. The first-order valence-corrected chi connectivity index (χ1v) is 9.18. The van der Waals surface area contributed by atoms with Gasteiger partial charge in [0.05, 0.1) is 18.2 Å². The number of carbonyl (C=O) groups excluding carboxylic acids is 1. The second kappa shape index (κ2) is 5.85.